The average Bonchev–Trinajstić information content (AvgIpc) is 2.49. The molecule has 2 aromatic carbocycles. The summed E-state index contributed by atoms with van der Waals surface area (Å²) in [6.07, 6.45) is -0.546. The molecule has 0 saturated heterocycles. The van der Waals surface area contributed by atoms with E-state index in [0.29, 0.717) is 17.0 Å². The molecule has 138 valence electrons. The number of carbonyl (C=O) groups excluding carboxylic acids is 2. The molecule has 0 bridgehead atoms. The lowest BCUT2D eigenvalue weighted by molar-refractivity contribution is 0.0635. The number of hydrogen-bond acceptors (Lipinski definition) is 4. The van der Waals surface area contributed by atoms with E-state index in [1.165, 1.54) is 0 Å². The third kappa shape index (κ3) is 6.51. The van der Waals surface area contributed by atoms with Crippen LogP contribution in [0.15, 0.2) is 36.4 Å². The van der Waals surface area contributed by atoms with E-state index in [9.17, 15) is 9.59 Å². The molecule has 0 fully saturated rings. The summed E-state index contributed by atoms with van der Waals surface area (Å²) >= 11 is 6.51. The molecule has 1 N–H and O–H groups in total. The third-order valence-electron chi connectivity index (χ3n) is 2.92. The Balaban J connectivity index is 2.06. The number of esters is 1. The van der Waals surface area contributed by atoms with Crippen LogP contribution in [-0.2, 0) is 4.74 Å². The van der Waals surface area contributed by atoms with E-state index in [1.54, 1.807) is 45.0 Å². The van der Waals surface area contributed by atoms with Gasteiger partial charge in [-0.25, -0.2) is 9.59 Å². The SMILES string of the molecule is CC(C)(C)OC(=O)Nc1ccc(C(=O)Oc2c(I)cc(I)cc2I)cc1. The van der Waals surface area contributed by atoms with Gasteiger partial charge in [0.15, 0.2) is 5.75 Å². The summed E-state index contributed by atoms with van der Waals surface area (Å²) in [6.45, 7) is 5.37. The van der Waals surface area contributed by atoms with Gasteiger partial charge in [0.05, 0.1) is 12.7 Å². The van der Waals surface area contributed by atoms with Gasteiger partial charge in [-0.3, -0.25) is 5.32 Å². The van der Waals surface area contributed by atoms with Crippen molar-refractivity contribution in [3.63, 3.8) is 0 Å². The lowest BCUT2D eigenvalue weighted by Crippen LogP contribution is -2.27. The molecule has 0 aliphatic rings. The van der Waals surface area contributed by atoms with E-state index < -0.39 is 17.7 Å². The van der Waals surface area contributed by atoms with Crippen LogP contribution in [0.5, 0.6) is 5.75 Å². The van der Waals surface area contributed by atoms with Crippen LogP contribution in [0.4, 0.5) is 10.5 Å². The molecule has 0 unspecified atom stereocenters. The Hall–Kier alpha value is -0.630. The number of ether oxygens (including phenoxy) is 2. The molecule has 0 heterocycles. The summed E-state index contributed by atoms with van der Waals surface area (Å²) in [5.74, 6) is 0.0958. The fraction of sp³-hybridized carbons (Fsp3) is 0.222. The molecular weight excluding hydrogens is 675 g/mol. The van der Waals surface area contributed by atoms with Crippen molar-refractivity contribution in [2.45, 2.75) is 26.4 Å². The smallest absolute Gasteiger partial charge is 0.412 e. The minimum Gasteiger partial charge on any atom is -0.444 e. The second-order valence-electron chi connectivity index (χ2n) is 6.29. The van der Waals surface area contributed by atoms with Crippen molar-refractivity contribution in [3.05, 3.63) is 52.7 Å². The van der Waals surface area contributed by atoms with Crippen molar-refractivity contribution in [1.82, 2.24) is 0 Å². The van der Waals surface area contributed by atoms with Gasteiger partial charge in [-0.15, -0.1) is 0 Å². The minimum atomic E-state index is -0.574. The van der Waals surface area contributed by atoms with Crippen LogP contribution in [0.2, 0.25) is 0 Å². The highest BCUT2D eigenvalue weighted by Crippen LogP contribution is 2.30. The fourth-order valence-corrected chi connectivity index (χ4v) is 5.69. The third-order valence-corrected chi connectivity index (χ3v) is 5.15. The Labute approximate surface area is 193 Å². The van der Waals surface area contributed by atoms with Gasteiger partial charge in [-0.05, 0) is 125 Å². The van der Waals surface area contributed by atoms with E-state index in [2.05, 4.69) is 73.1 Å². The molecule has 2 aromatic rings. The Morgan fingerprint density at radius 1 is 0.962 bits per heavy atom. The van der Waals surface area contributed by atoms with Crippen molar-refractivity contribution >= 4 is 85.5 Å². The van der Waals surface area contributed by atoms with Gasteiger partial charge in [0, 0.05) is 9.26 Å². The Morgan fingerprint density at radius 3 is 2.00 bits per heavy atom. The van der Waals surface area contributed by atoms with Gasteiger partial charge in [0.2, 0.25) is 0 Å². The summed E-state index contributed by atoms with van der Waals surface area (Å²) in [6, 6.07) is 10.3. The highest BCUT2D eigenvalue weighted by Gasteiger charge is 2.17. The predicted octanol–water partition coefficient (Wildman–Crippen LogP) is 6.07. The molecule has 0 aliphatic carbocycles. The number of benzene rings is 2. The van der Waals surface area contributed by atoms with E-state index in [4.69, 9.17) is 9.47 Å². The molecule has 0 spiro atoms. The number of anilines is 1. The predicted molar refractivity (Wildman–Crippen MR) is 126 cm³/mol. The zero-order chi connectivity index (χ0) is 19.5. The van der Waals surface area contributed by atoms with Crippen molar-refractivity contribution in [3.8, 4) is 5.75 Å². The van der Waals surface area contributed by atoms with E-state index in [0.717, 1.165) is 10.7 Å². The summed E-state index contributed by atoms with van der Waals surface area (Å²) in [5.41, 5.74) is 0.356. The van der Waals surface area contributed by atoms with Crippen LogP contribution >= 0.6 is 67.8 Å². The van der Waals surface area contributed by atoms with Gasteiger partial charge in [-0.2, -0.15) is 0 Å². The van der Waals surface area contributed by atoms with Crippen LogP contribution in [-0.4, -0.2) is 17.7 Å². The first-order chi connectivity index (χ1) is 12.0. The lowest BCUT2D eigenvalue weighted by Gasteiger charge is -2.19. The van der Waals surface area contributed by atoms with Gasteiger partial charge in [0.25, 0.3) is 0 Å². The molecule has 26 heavy (non-hydrogen) atoms. The van der Waals surface area contributed by atoms with Gasteiger partial charge >= 0.3 is 12.1 Å². The molecule has 2 rings (SSSR count). The molecule has 1 amide bonds. The number of hydrogen-bond donors (Lipinski definition) is 1. The molecule has 8 heteroatoms. The highest BCUT2D eigenvalue weighted by atomic mass is 127. The van der Waals surface area contributed by atoms with Crippen molar-refractivity contribution < 1.29 is 19.1 Å². The Morgan fingerprint density at radius 2 is 1.50 bits per heavy atom. The first-order valence-electron chi connectivity index (χ1n) is 7.52. The fourth-order valence-electron chi connectivity index (χ4n) is 1.89. The van der Waals surface area contributed by atoms with Gasteiger partial charge in [-0.1, -0.05) is 0 Å². The second-order valence-corrected chi connectivity index (χ2v) is 9.86. The Kier molecular flexibility index (Phi) is 7.53. The van der Waals surface area contributed by atoms with E-state index >= 15 is 0 Å². The molecule has 0 saturated carbocycles. The summed E-state index contributed by atoms with van der Waals surface area (Å²) in [4.78, 5) is 24.1. The van der Waals surface area contributed by atoms with Crippen LogP contribution < -0.4 is 10.1 Å². The standard InChI is InChI=1S/C18H16I3NO4/c1-18(2,3)26-17(24)22-12-6-4-10(5-7-12)16(23)25-15-13(20)8-11(19)9-14(15)21/h4-9H,1-3H3,(H,22,24). The van der Waals surface area contributed by atoms with Crippen molar-refractivity contribution in [2.24, 2.45) is 0 Å². The number of carbonyl (C=O) groups is 2. The molecule has 0 aliphatic heterocycles. The minimum absolute atomic E-state index is 0.393. The number of rotatable bonds is 3. The monoisotopic (exact) mass is 691 g/mol. The van der Waals surface area contributed by atoms with Crippen LogP contribution in [0.3, 0.4) is 0 Å². The van der Waals surface area contributed by atoms with Crippen LogP contribution in [0.25, 0.3) is 0 Å². The average molecular weight is 691 g/mol. The lowest BCUT2D eigenvalue weighted by atomic mass is 10.2. The topological polar surface area (TPSA) is 64.6 Å². The second kappa shape index (κ2) is 9.04. The van der Waals surface area contributed by atoms with Crippen LogP contribution in [0.1, 0.15) is 31.1 Å². The first kappa shape index (κ1) is 21.7. The van der Waals surface area contributed by atoms with Crippen molar-refractivity contribution in [2.75, 3.05) is 5.32 Å². The quantitative estimate of drug-likeness (QED) is 0.242. The maximum Gasteiger partial charge on any atom is 0.412 e. The number of halogens is 3. The maximum absolute atomic E-state index is 12.4. The first-order valence-corrected chi connectivity index (χ1v) is 10.8. The molecular formula is C18H16I3NO4. The highest BCUT2D eigenvalue weighted by molar-refractivity contribution is 14.1. The largest absolute Gasteiger partial charge is 0.444 e. The zero-order valence-electron chi connectivity index (χ0n) is 14.2. The van der Waals surface area contributed by atoms with E-state index in [-0.39, 0.29) is 0 Å². The zero-order valence-corrected chi connectivity index (χ0v) is 20.7. The van der Waals surface area contributed by atoms with Crippen LogP contribution in [0, 0.1) is 10.7 Å². The van der Waals surface area contributed by atoms with Gasteiger partial charge in [0.1, 0.15) is 5.60 Å². The summed E-state index contributed by atoms with van der Waals surface area (Å²) < 4.78 is 13.5. The molecule has 5 nitrogen and oxygen atoms in total. The molecule has 0 atom stereocenters. The number of amides is 1. The van der Waals surface area contributed by atoms with Gasteiger partial charge < -0.3 is 9.47 Å². The Bertz CT molecular complexity index is 806. The number of nitrogens with one attached hydrogen (secondary N) is 1. The summed E-state index contributed by atoms with van der Waals surface area (Å²) in [5, 5.41) is 2.62. The molecule has 0 aromatic heterocycles. The maximum atomic E-state index is 12.4. The molecule has 0 radical (unpaired) electrons. The van der Waals surface area contributed by atoms with Crippen molar-refractivity contribution in [1.29, 1.82) is 0 Å². The van der Waals surface area contributed by atoms with E-state index in [1.807, 2.05) is 12.1 Å². The normalized spacial score (nSPS) is 11.0. The summed E-state index contributed by atoms with van der Waals surface area (Å²) in [7, 11) is 0.